The summed E-state index contributed by atoms with van der Waals surface area (Å²) in [5.41, 5.74) is 3.04. The molecule has 208 valence electrons. The van der Waals surface area contributed by atoms with E-state index in [0.29, 0.717) is 24.2 Å². The third kappa shape index (κ3) is 7.03. The van der Waals surface area contributed by atoms with Gasteiger partial charge in [-0.3, -0.25) is 13.9 Å². The van der Waals surface area contributed by atoms with E-state index in [0.717, 1.165) is 15.4 Å². The zero-order chi connectivity index (χ0) is 28.7. The molecule has 0 bridgehead atoms. The highest BCUT2D eigenvalue weighted by Gasteiger charge is 2.33. The van der Waals surface area contributed by atoms with E-state index in [4.69, 9.17) is 0 Å². The third-order valence-corrected chi connectivity index (χ3v) is 8.52. The first-order valence-electron chi connectivity index (χ1n) is 12.9. The second-order valence-corrected chi connectivity index (χ2v) is 11.5. The smallest absolute Gasteiger partial charge is 0.264 e. The van der Waals surface area contributed by atoms with Crippen LogP contribution in [0.5, 0.6) is 0 Å². The maximum Gasteiger partial charge on any atom is 0.264 e. The van der Waals surface area contributed by atoms with E-state index in [-0.39, 0.29) is 17.0 Å². The van der Waals surface area contributed by atoms with E-state index in [1.165, 1.54) is 29.2 Å². The van der Waals surface area contributed by atoms with Gasteiger partial charge >= 0.3 is 0 Å². The summed E-state index contributed by atoms with van der Waals surface area (Å²) in [4.78, 5) is 28.1. The maximum absolute atomic E-state index is 14.6. The number of carbonyl (C=O) groups excluding carboxylic acids is 2. The molecule has 0 heterocycles. The number of hydrogen-bond acceptors (Lipinski definition) is 4. The van der Waals surface area contributed by atoms with Crippen LogP contribution in [0.15, 0.2) is 71.6 Å². The van der Waals surface area contributed by atoms with Gasteiger partial charge in [0, 0.05) is 18.7 Å². The van der Waals surface area contributed by atoms with Gasteiger partial charge in [0.25, 0.3) is 10.0 Å². The summed E-state index contributed by atoms with van der Waals surface area (Å²) in [6.45, 7) is 8.63. The number of carbonyl (C=O) groups is 2. The van der Waals surface area contributed by atoms with Crippen molar-refractivity contribution in [3.8, 4) is 0 Å². The molecule has 1 atom stereocenters. The van der Waals surface area contributed by atoms with Gasteiger partial charge in [0.2, 0.25) is 11.8 Å². The quantitative estimate of drug-likeness (QED) is 0.366. The summed E-state index contributed by atoms with van der Waals surface area (Å²) in [5, 5.41) is 2.77. The fourth-order valence-corrected chi connectivity index (χ4v) is 5.62. The lowest BCUT2D eigenvalue weighted by molar-refractivity contribution is -0.139. The molecular formula is C30H36FN3O4S. The fourth-order valence-electron chi connectivity index (χ4n) is 4.15. The molecule has 0 fully saturated rings. The molecule has 3 rings (SSSR count). The van der Waals surface area contributed by atoms with Crippen molar-refractivity contribution in [1.29, 1.82) is 0 Å². The monoisotopic (exact) mass is 553 g/mol. The molecule has 0 aromatic heterocycles. The van der Waals surface area contributed by atoms with Crippen LogP contribution in [0.2, 0.25) is 0 Å². The Morgan fingerprint density at radius 1 is 0.949 bits per heavy atom. The second kappa shape index (κ2) is 12.9. The highest BCUT2D eigenvalue weighted by atomic mass is 32.2. The standard InChI is InChI=1S/C30H36FN3O4S/c1-6-18-32-30(36)24(5)33(19-25-11-7-8-12-27(25)31)29(35)20-34(28-13-9-10-22(3)23(28)4)39(37,38)26-16-14-21(2)15-17-26/h7-17,24H,6,18-20H2,1-5H3,(H,32,36)/t24-/m0/s1. The molecule has 0 saturated carbocycles. The number of halogens is 1. The molecule has 2 amide bonds. The second-order valence-electron chi connectivity index (χ2n) is 9.62. The first-order valence-corrected chi connectivity index (χ1v) is 14.4. The number of anilines is 1. The molecule has 1 N–H and O–H groups in total. The lowest BCUT2D eigenvalue weighted by atomic mass is 10.1. The van der Waals surface area contributed by atoms with Crippen LogP contribution in [0, 0.1) is 26.6 Å². The minimum atomic E-state index is -4.17. The third-order valence-electron chi connectivity index (χ3n) is 6.75. The first-order chi connectivity index (χ1) is 18.5. The lowest BCUT2D eigenvalue weighted by Gasteiger charge is -2.32. The van der Waals surface area contributed by atoms with Gasteiger partial charge in [0.1, 0.15) is 18.4 Å². The van der Waals surface area contributed by atoms with E-state index < -0.39 is 40.2 Å². The van der Waals surface area contributed by atoms with E-state index in [1.807, 2.05) is 26.8 Å². The molecule has 0 saturated heterocycles. The van der Waals surface area contributed by atoms with Crippen molar-refractivity contribution in [1.82, 2.24) is 10.2 Å². The van der Waals surface area contributed by atoms with Gasteiger partial charge in [-0.05, 0) is 69.5 Å². The summed E-state index contributed by atoms with van der Waals surface area (Å²) in [5.74, 6) is -1.55. The molecule has 3 aromatic rings. The van der Waals surface area contributed by atoms with Crippen LogP contribution in [0.4, 0.5) is 10.1 Å². The highest BCUT2D eigenvalue weighted by Crippen LogP contribution is 2.29. The van der Waals surface area contributed by atoms with Crippen molar-refractivity contribution in [3.05, 3.63) is 94.8 Å². The van der Waals surface area contributed by atoms with E-state index in [2.05, 4.69) is 5.32 Å². The number of nitrogens with zero attached hydrogens (tertiary/aromatic N) is 2. The van der Waals surface area contributed by atoms with E-state index in [9.17, 15) is 22.4 Å². The van der Waals surface area contributed by atoms with Gasteiger partial charge in [-0.2, -0.15) is 0 Å². The minimum absolute atomic E-state index is 0.0381. The number of amides is 2. The lowest BCUT2D eigenvalue weighted by Crippen LogP contribution is -2.51. The Balaban J connectivity index is 2.07. The van der Waals surface area contributed by atoms with Gasteiger partial charge in [-0.1, -0.05) is 55.0 Å². The number of benzene rings is 3. The fraction of sp³-hybridized carbons (Fsp3) is 0.333. The van der Waals surface area contributed by atoms with Crippen LogP contribution >= 0.6 is 0 Å². The van der Waals surface area contributed by atoms with Crippen molar-refractivity contribution >= 4 is 27.5 Å². The Morgan fingerprint density at radius 3 is 2.26 bits per heavy atom. The maximum atomic E-state index is 14.6. The Hall–Kier alpha value is -3.72. The van der Waals surface area contributed by atoms with Crippen molar-refractivity contribution in [2.24, 2.45) is 0 Å². The zero-order valence-electron chi connectivity index (χ0n) is 23.1. The van der Waals surface area contributed by atoms with Gasteiger partial charge in [0.15, 0.2) is 0 Å². The Kier molecular flexibility index (Phi) is 9.86. The van der Waals surface area contributed by atoms with Crippen LogP contribution < -0.4 is 9.62 Å². The van der Waals surface area contributed by atoms with E-state index in [1.54, 1.807) is 50.2 Å². The van der Waals surface area contributed by atoms with Crippen LogP contribution in [-0.4, -0.2) is 44.3 Å². The minimum Gasteiger partial charge on any atom is -0.354 e. The Bertz CT molecular complexity index is 1420. The highest BCUT2D eigenvalue weighted by molar-refractivity contribution is 7.92. The van der Waals surface area contributed by atoms with Gasteiger partial charge in [-0.15, -0.1) is 0 Å². The number of aryl methyl sites for hydroxylation is 2. The average Bonchev–Trinajstić information content (AvgIpc) is 2.91. The van der Waals surface area contributed by atoms with Crippen LogP contribution in [0.25, 0.3) is 0 Å². The van der Waals surface area contributed by atoms with Crippen LogP contribution in [-0.2, 0) is 26.2 Å². The van der Waals surface area contributed by atoms with Crippen molar-refractivity contribution < 1.29 is 22.4 Å². The first kappa shape index (κ1) is 29.8. The number of rotatable bonds is 11. The molecule has 0 spiro atoms. The Morgan fingerprint density at radius 2 is 1.62 bits per heavy atom. The summed E-state index contributed by atoms with van der Waals surface area (Å²) >= 11 is 0. The summed E-state index contributed by atoms with van der Waals surface area (Å²) < 4.78 is 43.6. The van der Waals surface area contributed by atoms with Gasteiger partial charge in [-0.25, -0.2) is 12.8 Å². The molecule has 0 radical (unpaired) electrons. The Labute approximate surface area is 230 Å². The predicted octanol–water partition coefficient (Wildman–Crippen LogP) is 4.89. The van der Waals surface area contributed by atoms with Crippen molar-refractivity contribution in [3.63, 3.8) is 0 Å². The molecule has 39 heavy (non-hydrogen) atoms. The topological polar surface area (TPSA) is 86.8 Å². The molecule has 0 aliphatic carbocycles. The number of hydrogen-bond donors (Lipinski definition) is 1. The number of sulfonamides is 1. The van der Waals surface area contributed by atoms with Crippen LogP contribution in [0.3, 0.4) is 0 Å². The SMILES string of the molecule is CCCNC(=O)[C@H](C)N(Cc1ccccc1F)C(=O)CN(c1cccc(C)c1C)S(=O)(=O)c1ccc(C)cc1. The molecule has 3 aromatic carbocycles. The molecule has 0 unspecified atom stereocenters. The normalized spacial score (nSPS) is 12.1. The van der Waals surface area contributed by atoms with Crippen LogP contribution in [0.1, 0.15) is 42.5 Å². The van der Waals surface area contributed by atoms with Crippen molar-refractivity contribution in [2.75, 3.05) is 17.4 Å². The predicted molar refractivity (Wildman–Crippen MR) is 151 cm³/mol. The largest absolute Gasteiger partial charge is 0.354 e. The average molecular weight is 554 g/mol. The van der Waals surface area contributed by atoms with E-state index >= 15 is 0 Å². The summed E-state index contributed by atoms with van der Waals surface area (Å²) in [7, 11) is -4.17. The molecule has 0 aliphatic heterocycles. The zero-order valence-corrected chi connectivity index (χ0v) is 23.9. The molecule has 7 nitrogen and oxygen atoms in total. The van der Waals surface area contributed by atoms with Gasteiger partial charge < -0.3 is 10.2 Å². The molecular weight excluding hydrogens is 517 g/mol. The van der Waals surface area contributed by atoms with Crippen molar-refractivity contribution in [2.45, 2.75) is 58.5 Å². The molecule has 9 heteroatoms. The van der Waals surface area contributed by atoms with Gasteiger partial charge in [0.05, 0.1) is 10.6 Å². The number of nitrogens with one attached hydrogen (secondary N) is 1. The summed E-state index contributed by atoms with van der Waals surface area (Å²) in [6, 6.07) is 16.7. The summed E-state index contributed by atoms with van der Waals surface area (Å²) in [6.07, 6.45) is 0.703. The molecule has 0 aliphatic rings.